The molecule has 120 valence electrons. The fourth-order valence-electron chi connectivity index (χ4n) is 2.38. The van der Waals surface area contributed by atoms with Crippen LogP contribution in [0.4, 0.5) is 13.2 Å². The molecule has 5 nitrogen and oxygen atoms in total. The monoisotopic (exact) mass is 317 g/mol. The minimum atomic E-state index is -4.80. The molecule has 1 aliphatic carbocycles. The Bertz CT molecular complexity index is 588. The minimum Gasteiger partial charge on any atom is -0.480 e. The SMILES string of the molecule is CN(CC(=O)O)C(=O)[C@@H]1C[C@@H]1c1ccccc1OC(F)(F)F. The molecule has 0 bridgehead atoms. The zero-order chi connectivity index (χ0) is 16.5. The van der Waals surface area contributed by atoms with E-state index in [0.717, 1.165) is 4.90 Å². The molecule has 2 atom stereocenters. The number of carbonyl (C=O) groups is 2. The van der Waals surface area contributed by atoms with Gasteiger partial charge in [0.1, 0.15) is 12.3 Å². The second-order valence-electron chi connectivity index (χ2n) is 5.12. The molecule has 1 saturated carbocycles. The predicted octanol–water partition coefficient (Wildman–Crippen LogP) is 2.23. The Morgan fingerprint density at radius 2 is 2.00 bits per heavy atom. The van der Waals surface area contributed by atoms with Gasteiger partial charge in [0.15, 0.2) is 0 Å². The number of alkyl halides is 3. The van der Waals surface area contributed by atoms with E-state index in [9.17, 15) is 22.8 Å². The Balaban J connectivity index is 2.09. The summed E-state index contributed by atoms with van der Waals surface area (Å²) in [5.74, 6) is -2.76. The van der Waals surface area contributed by atoms with Crippen LogP contribution in [0.15, 0.2) is 24.3 Å². The molecule has 0 unspecified atom stereocenters. The first kappa shape index (κ1) is 16.1. The minimum absolute atomic E-state index is 0.307. The molecule has 8 heteroatoms. The van der Waals surface area contributed by atoms with Gasteiger partial charge in [-0.05, 0) is 24.0 Å². The summed E-state index contributed by atoms with van der Waals surface area (Å²) in [7, 11) is 1.35. The van der Waals surface area contributed by atoms with Crippen LogP contribution < -0.4 is 4.74 Å². The van der Waals surface area contributed by atoms with Gasteiger partial charge in [-0.25, -0.2) is 0 Å². The number of carboxylic acid groups (broad SMARTS) is 1. The van der Waals surface area contributed by atoms with Crippen LogP contribution in [0.2, 0.25) is 0 Å². The lowest BCUT2D eigenvalue weighted by Crippen LogP contribution is -2.33. The first-order chi connectivity index (χ1) is 10.2. The van der Waals surface area contributed by atoms with Gasteiger partial charge in [-0.2, -0.15) is 0 Å². The highest BCUT2D eigenvalue weighted by molar-refractivity contribution is 5.86. The number of likely N-dealkylation sites (N-methyl/N-ethyl adjacent to an activating group) is 1. The van der Waals surface area contributed by atoms with Crippen molar-refractivity contribution < 1.29 is 32.6 Å². The van der Waals surface area contributed by atoms with Crippen LogP contribution in [-0.2, 0) is 9.59 Å². The van der Waals surface area contributed by atoms with Crippen molar-refractivity contribution in [2.24, 2.45) is 5.92 Å². The van der Waals surface area contributed by atoms with Gasteiger partial charge in [0.2, 0.25) is 5.91 Å². The van der Waals surface area contributed by atoms with Gasteiger partial charge in [-0.1, -0.05) is 18.2 Å². The largest absolute Gasteiger partial charge is 0.573 e. The number of nitrogens with zero attached hydrogens (tertiary/aromatic N) is 1. The zero-order valence-electron chi connectivity index (χ0n) is 11.6. The summed E-state index contributed by atoms with van der Waals surface area (Å²) in [5, 5.41) is 8.65. The van der Waals surface area contributed by atoms with Crippen LogP contribution in [0.25, 0.3) is 0 Å². The predicted molar refractivity (Wildman–Crippen MR) is 69.2 cm³/mol. The number of hydrogen-bond donors (Lipinski definition) is 1. The van der Waals surface area contributed by atoms with Crippen LogP contribution >= 0.6 is 0 Å². The number of amides is 1. The van der Waals surface area contributed by atoms with Gasteiger partial charge in [0.25, 0.3) is 0 Å². The molecule has 1 N–H and O–H groups in total. The average Bonchev–Trinajstić information content (AvgIpc) is 3.15. The van der Waals surface area contributed by atoms with Crippen molar-refractivity contribution in [2.45, 2.75) is 18.7 Å². The van der Waals surface area contributed by atoms with Crippen molar-refractivity contribution in [3.8, 4) is 5.75 Å². The maximum Gasteiger partial charge on any atom is 0.573 e. The molecule has 1 amide bonds. The quantitative estimate of drug-likeness (QED) is 0.904. The highest BCUT2D eigenvalue weighted by Gasteiger charge is 2.47. The lowest BCUT2D eigenvalue weighted by Gasteiger charge is -2.15. The van der Waals surface area contributed by atoms with Crippen molar-refractivity contribution in [3.63, 3.8) is 0 Å². The van der Waals surface area contributed by atoms with Crippen molar-refractivity contribution in [2.75, 3.05) is 13.6 Å². The molecule has 1 aromatic rings. The van der Waals surface area contributed by atoms with Crippen molar-refractivity contribution in [1.29, 1.82) is 0 Å². The molecule has 1 aromatic carbocycles. The van der Waals surface area contributed by atoms with Crippen LogP contribution in [0.3, 0.4) is 0 Å². The molecule has 1 fully saturated rings. The molecule has 1 aliphatic rings. The van der Waals surface area contributed by atoms with Crippen LogP contribution in [-0.4, -0.2) is 41.8 Å². The Hall–Kier alpha value is -2.25. The lowest BCUT2D eigenvalue weighted by molar-refractivity contribution is -0.274. The topological polar surface area (TPSA) is 66.8 Å². The van der Waals surface area contributed by atoms with E-state index in [0.29, 0.717) is 12.0 Å². The van der Waals surface area contributed by atoms with Gasteiger partial charge in [0, 0.05) is 13.0 Å². The van der Waals surface area contributed by atoms with Gasteiger partial charge in [-0.3, -0.25) is 9.59 Å². The van der Waals surface area contributed by atoms with Crippen LogP contribution in [0, 0.1) is 5.92 Å². The molecule has 2 rings (SSSR count). The maximum absolute atomic E-state index is 12.4. The van der Waals surface area contributed by atoms with Crippen LogP contribution in [0.5, 0.6) is 5.75 Å². The number of aliphatic carboxylic acids is 1. The molecule has 0 saturated heterocycles. The number of benzene rings is 1. The highest BCUT2D eigenvalue weighted by atomic mass is 19.4. The normalized spacial score (nSPS) is 20.4. The summed E-state index contributed by atoms with van der Waals surface area (Å²) >= 11 is 0. The molecule has 0 spiro atoms. The van der Waals surface area contributed by atoms with E-state index in [1.54, 1.807) is 6.07 Å². The summed E-state index contributed by atoms with van der Waals surface area (Å²) in [6.07, 6.45) is -4.42. The Labute approximate surface area is 124 Å². The first-order valence-electron chi connectivity index (χ1n) is 6.50. The van der Waals surface area contributed by atoms with E-state index in [1.165, 1.54) is 25.2 Å². The molecule has 0 aromatic heterocycles. The molecular weight excluding hydrogens is 303 g/mol. The summed E-state index contributed by atoms with van der Waals surface area (Å²) in [6, 6.07) is 5.67. The van der Waals surface area contributed by atoms with E-state index in [-0.39, 0.29) is 11.7 Å². The van der Waals surface area contributed by atoms with Gasteiger partial charge in [-0.15, -0.1) is 13.2 Å². The molecular formula is C14H14F3NO4. The second kappa shape index (κ2) is 5.86. The van der Waals surface area contributed by atoms with E-state index in [1.807, 2.05) is 0 Å². The van der Waals surface area contributed by atoms with E-state index >= 15 is 0 Å². The summed E-state index contributed by atoms with van der Waals surface area (Å²) in [4.78, 5) is 23.7. The summed E-state index contributed by atoms with van der Waals surface area (Å²) in [5.41, 5.74) is 0.307. The van der Waals surface area contributed by atoms with Crippen molar-refractivity contribution in [3.05, 3.63) is 29.8 Å². The Kier molecular flexibility index (Phi) is 4.30. The van der Waals surface area contributed by atoms with Crippen molar-refractivity contribution >= 4 is 11.9 Å². The number of halogens is 3. The number of para-hydroxylation sites is 1. The maximum atomic E-state index is 12.4. The Morgan fingerprint density at radius 1 is 1.36 bits per heavy atom. The number of hydrogen-bond acceptors (Lipinski definition) is 3. The van der Waals surface area contributed by atoms with Crippen LogP contribution in [0.1, 0.15) is 17.9 Å². The lowest BCUT2D eigenvalue weighted by atomic mass is 10.1. The highest BCUT2D eigenvalue weighted by Crippen LogP contribution is 2.51. The van der Waals surface area contributed by atoms with Gasteiger partial charge in [0.05, 0.1) is 0 Å². The van der Waals surface area contributed by atoms with Gasteiger partial charge >= 0.3 is 12.3 Å². The molecule has 0 aliphatic heterocycles. The van der Waals surface area contributed by atoms with E-state index in [4.69, 9.17) is 5.11 Å². The number of carbonyl (C=O) groups excluding carboxylic acids is 1. The first-order valence-corrected chi connectivity index (χ1v) is 6.50. The fourth-order valence-corrected chi connectivity index (χ4v) is 2.38. The smallest absolute Gasteiger partial charge is 0.480 e. The Morgan fingerprint density at radius 3 is 2.59 bits per heavy atom. The van der Waals surface area contributed by atoms with Crippen molar-refractivity contribution in [1.82, 2.24) is 4.90 Å². The van der Waals surface area contributed by atoms with Gasteiger partial charge < -0.3 is 14.7 Å². The third-order valence-electron chi connectivity index (χ3n) is 3.40. The number of ether oxygens (including phenoxy) is 1. The second-order valence-corrected chi connectivity index (χ2v) is 5.12. The van der Waals surface area contributed by atoms with E-state index in [2.05, 4.69) is 4.74 Å². The molecule has 0 radical (unpaired) electrons. The standard InChI is InChI=1S/C14H14F3NO4/c1-18(7-12(19)20)13(21)10-6-9(10)8-4-2-3-5-11(8)22-14(15,16)17/h2-5,9-10H,6-7H2,1H3,(H,19,20)/t9-,10-/m1/s1. The molecule has 22 heavy (non-hydrogen) atoms. The zero-order valence-corrected chi connectivity index (χ0v) is 11.6. The third-order valence-corrected chi connectivity index (χ3v) is 3.40. The molecule has 0 heterocycles. The number of carboxylic acids is 1. The number of rotatable bonds is 5. The fraction of sp³-hybridized carbons (Fsp3) is 0.429. The van der Waals surface area contributed by atoms with E-state index < -0.39 is 30.7 Å². The summed E-state index contributed by atoms with van der Waals surface area (Å²) in [6.45, 7) is -0.442. The average molecular weight is 317 g/mol. The third kappa shape index (κ3) is 3.90. The summed E-state index contributed by atoms with van der Waals surface area (Å²) < 4.78 is 41.1.